The second-order valence-electron chi connectivity index (χ2n) is 4.16. The molecule has 1 nitrogen and oxygen atoms in total. The van der Waals surface area contributed by atoms with Gasteiger partial charge in [-0.3, -0.25) is 0 Å². The van der Waals surface area contributed by atoms with Crippen molar-refractivity contribution in [3.8, 4) is 0 Å². The first-order valence-electron chi connectivity index (χ1n) is 5.75. The van der Waals surface area contributed by atoms with Gasteiger partial charge in [-0.2, -0.15) is 0 Å². The van der Waals surface area contributed by atoms with Gasteiger partial charge in [-0.25, -0.2) is 0 Å². The Morgan fingerprint density at radius 2 is 1.82 bits per heavy atom. The van der Waals surface area contributed by atoms with Gasteiger partial charge in [-0.15, -0.1) is 0 Å². The molecule has 0 aromatic heterocycles. The predicted molar refractivity (Wildman–Crippen MR) is 73.2 cm³/mol. The van der Waals surface area contributed by atoms with Crippen LogP contribution in [0.15, 0.2) is 48.5 Å². The topological polar surface area (TPSA) is 12.0 Å². The first kappa shape index (κ1) is 12.2. The van der Waals surface area contributed by atoms with Gasteiger partial charge < -0.3 is 5.32 Å². The molecular weight excluding hydrogens is 230 g/mol. The Morgan fingerprint density at radius 1 is 1.00 bits per heavy atom. The van der Waals surface area contributed by atoms with E-state index in [1.807, 2.05) is 18.2 Å². The predicted octanol–water partition coefficient (Wildman–Crippen LogP) is 3.94. The molecule has 0 saturated heterocycles. The number of rotatable bonds is 4. The van der Waals surface area contributed by atoms with E-state index in [1.165, 1.54) is 16.7 Å². The summed E-state index contributed by atoms with van der Waals surface area (Å²) in [5.41, 5.74) is 3.88. The molecule has 0 radical (unpaired) electrons. The average Bonchev–Trinajstić information content (AvgIpc) is 2.32. The molecule has 1 N–H and O–H groups in total. The van der Waals surface area contributed by atoms with Gasteiger partial charge in [-0.1, -0.05) is 48.0 Å². The minimum atomic E-state index is 0.792. The van der Waals surface area contributed by atoms with Crippen molar-refractivity contribution in [2.45, 2.75) is 20.0 Å². The van der Waals surface area contributed by atoms with Gasteiger partial charge in [0.15, 0.2) is 0 Å². The fourth-order valence-electron chi connectivity index (χ4n) is 1.80. The third-order valence-corrected chi connectivity index (χ3v) is 3.03. The van der Waals surface area contributed by atoms with Crippen LogP contribution in [0.25, 0.3) is 0 Å². The van der Waals surface area contributed by atoms with Crippen molar-refractivity contribution < 1.29 is 0 Å². The van der Waals surface area contributed by atoms with Crippen LogP contribution in [0.4, 0.5) is 0 Å². The molecule has 0 atom stereocenters. The first-order valence-corrected chi connectivity index (χ1v) is 6.13. The summed E-state index contributed by atoms with van der Waals surface area (Å²) < 4.78 is 0. The van der Waals surface area contributed by atoms with Gasteiger partial charge in [0, 0.05) is 18.1 Å². The summed E-state index contributed by atoms with van der Waals surface area (Å²) in [6, 6.07) is 16.4. The van der Waals surface area contributed by atoms with E-state index in [4.69, 9.17) is 11.6 Å². The fraction of sp³-hybridized carbons (Fsp3) is 0.200. The zero-order valence-corrected chi connectivity index (χ0v) is 10.7. The van der Waals surface area contributed by atoms with E-state index in [2.05, 4.69) is 42.6 Å². The lowest BCUT2D eigenvalue weighted by Gasteiger charge is -2.07. The van der Waals surface area contributed by atoms with Crippen molar-refractivity contribution in [1.82, 2.24) is 5.32 Å². The van der Waals surface area contributed by atoms with Gasteiger partial charge in [-0.05, 0) is 35.7 Å². The Hall–Kier alpha value is -1.31. The van der Waals surface area contributed by atoms with Crippen LogP contribution in [0.1, 0.15) is 16.7 Å². The SMILES string of the molecule is Cc1ccccc1CNCc1cccc(Cl)c1. The van der Waals surface area contributed by atoms with E-state index in [0.717, 1.165) is 18.1 Å². The molecule has 88 valence electrons. The van der Waals surface area contributed by atoms with Gasteiger partial charge in [0.2, 0.25) is 0 Å². The van der Waals surface area contributed by atoms with Crippen molar-refractivity contribution in [3.63, 3.8) is 0 Å². The van der Waals surface area contributed by atoms with Crippen LogP contribution < -0.4 is 5.32 Å². The molecule has 2 aromatic carbocycles. The van der Waals surface area contributed by atoms with E-state index >= 15 is 0 Å². The molecule has 0 amide bonds. The maximum absolute atomic E-state index is 5.94. The second-order valence-corrected chi connectivity index (χ2v) is 4.60. The minimum absolute atomic E-state index is 0.792. The van der Waals surface area contributed by atoms with Crippen molar-refractivity contribution in [2.75, 3.05) is 0 Å². The third kappa shape index (κ3) is 3.58. The Bertz CT molecular complexity index is 494. The molecule has 17 heavy (non-hydrogen) atoms. The van der Waals surface area contributed by atoms with E-state index in [-0.39, 0.29) is 0 Å². The Kier molecular flexibility index (Phi) is 4.18. The molecule has 2 rings (SSSR count). The fourth-order valence-corrected chi connectivity index (χ4v) is 2.01. The summed E-state index contributed by atoms with van der Waals surface area (Å²) in [4.78, 5) is 0. The molecule has 0 unspecified atom stereocenters. The van der Waals surface area contributed by atoms with Gasteiger partial charge in [0.05, 0.1) is 0 Å². The van der Waals surface area contributed by atoms with Crippen LogP contribution in [-0.2, 0) is 13.1 Å². The average molecular weight is 246 g/mol. The molecule has 0 fully saturated rings. The summed E-state index contributed by atoms with van der Waals surface area (Å²) in [6.45, 7) is 3.87. The number of hydrogen-bond donors (Lipinski definition) is 1. The first-order chi connectivity index (χ1) is 8.25. The largest absolute Gasteiger partial charge is 0.309 e. The third-order valence-electron chi connectivity index (χ3n) is 2.79. The van der Waals surface area contributed by atoms with Crippen LogP contribution in [0, 0.1) is 6.92 Å². The van der Waals surface area contributed by atoms with Crippen LogP contribution in [0.5, 0.6) is 0 Å². The summed E-state index contributed by atoms with van der Waals surface area (Å²) in [5, 5.41) is 4.22. The molecular formula is C15H16ClN. The number of benzene rings is 2. The molecule has 0 aliphatic rings. The highest BCUT2D eigenvalue weighted by atomic mass is 35.5. The van der Waals surface area contributed by atoms with Crippen molar-refractivity contribution in [1.29, 1.82) is 0 Å². The highest BCUT2D eigenvalue weighted by Gasteiger charge is 1.97. The van der Waals surface area contributed by atoms with Gasteiger partial charge in [0.25, 0.3) is 0 Å². The lowest BCUT2D eigenvalue weighted by molar-refractivity contribution is 0.691. The van der Waals surface area contributed by atoms with Crippen LogP contribution >= 0.6 is 11.6 Å². The van der Waals surface area contributed by atoms with Crippen molar-refractivity contribution in [2.24, 2.45) is 0 Å². The van der Waals surface area contributed by atoms with E-state index in [9.17, 15) is 0 Å². The van der Waals surface area contributed by atoms with Crippen LogP contribution in [0.2, 0.25) is 5.02 Å². The highest BCUT2D eigenvalue weighted by Crippen LogP contribution is 2.11. The number of halogens is 1. The lowest BCUT2D eigenvalue weighted by atomic mass is 10.1. The quantitative estimate of drug-likeness (QED) is 0.861. The van der Waals surface area contributed by atoms with Crippen molar-refractivity contribution >= 4 is 11.6 Å². The van der Waals surface area contributed by atoms with Crippen molar-refractivity contribution in [3.05, 3.63) is 70.2 Å². The standard InChI is InChI=1S/C15H16ClN/c1-12-5-2-3-7-14(12)11-17-10-13-6-4-8-15(16)9-13/h2-9,17H,10-11H2,1H3. The molecule has 0 bridgehead atoms. The maximum atomic E-state index is 5.94. The summed E-state index contributed by atoms with van der Waals surface area (Å²) in [5.74, 6) is 0. The normalized spacial score (nSPS) is 10.5. The van der Waals surface area contributed by atoms with Crippen LogP contribution in [0.3, 0.4) is 0 Å². The zero-order chi connectivity index (χ0) is 12.1. The zero-order valence-electron chi connectivity index (χ0n) is 9.91. The van der Waals surface area contributed by atoms with Gasteiger partial charge >= 0.3 is 0 Å². The van der Waals surface area contributed by atoms with E-state index in [1.54, 1.807) is 0 Å². The lowest BCUT2D eigenvalue weighted by Crippen LogP contribution is -2.13. The molecule has 0 saturated carbocycles. The Labute approximate surface area is 107 Å². The number of nitrogens with one attached hydrogen (secondary N) is 1. The Morgan fingerprint density at radius 3 is 2.59 bits per heavy atom. The molecule has 0 aliphatic heterocycles. The molecule has 2 aromatic rings. The molecule has 0 spiro atoms. The monoisotopic (exact) mass is 245 g/mol. The summed E-state index contributed by atoms with van der Waals surface area (Å²) >= 11 is 5.94. The maximum Gasteiger partial charge on any atom is 0.0409 e. The van der Waals surface area contributed by atoms with E-state index < -0.39 is 0 Å². The highest BCUT2D eigenvalue weighted by molar-refractivity contribution is 6.30. The second kappa shape index (κ2) is 5.85. The van der Waals surface area contributed by atoms with Gasteiger partial charge in [0.1, 0.15) is 0 Å². The van der Waals surface area contributed by atoms with E-state index in [0.29, 0.717) is 0 Å². The van der Waals surface area contributed by atoms with Crippen LogP contribution in [-0.4, -0.2) is 0 Å². The number of hydrogen-bond acceptors (Lipinski definition) is 1. The minimum Gasteiger partial charge on any atom is -0.309 e. The molecule has 0 heterocycles. The number of aryl methyl sites for hydroxylation is 1. The smallest absolute Gasteiger partial charge is 0.0409 e. The Balaban J connectivity index is 1.90. The molecule has 0 aliphatic carbocycles. The summed E-state index contributed by atoms with van der Waals surface area (Å²) in [7, 11) is 0. The molecule has 2 heteroatoms. The summed E-state index contributed by atoms with van der Waals surface area (Å²) in [6.07, 6.45) is 0.